The molecule has 0 aliphatic rings. The average molecular weight is 529 g/mol. The number of fused-ring (bicyclic) bond motifs is 1. The van der Waals surface area contributed by atoms with E-state index in [2.05, 4.69) is 35.8 Å². The van der Waals surface area contributed by atoms with Crippen LogP contribution >= 0.6 is 0 Å². The van der Waals surface area contributed by atoms with Crippen LogP contribution in [0.5, 0.6) is 0 Å². The lowest BCUT2D eigenvalue weighted by atomic mass is 9.99. The van der Waals surface area contributed by atoms with Crippen LogP contribution in [-0.2, 0) is 25.1 Å². The molecule has 11 heteroatoms. The molecule has 0 unspecified atom stereocenters. The Morgan fingerprint density at radius 2 is 1.92 bits per heavy atom. The monoisotopic (exact) mass is 528 g/mol. The van der Waals surface area contributed by atoms with Crippen molar-refractivity contribution in [2.24, 2.45) is 0 Å². The highest BCUT2D eigenvalue weighted by Crippen LogP contribution is 2.25. The second kappa shape index (κ2) is 11.1. The number of pyridine rings is 1. The maximum absolute atomic E-state index is 14.1. The van der Waals surface area contributed by atoms with Crippen LogP contribution in [-0.4, -0.2) is 46.2 Å². The molecule has 0 saturated heterocycles. The predicted molar refractivity (Wildman–Crippen MR) is 143 cm³/mol. The number of rotatable bonds is 10. The number of nitrogens with zero attached hydrogens (tertiary/aromatic N) is 6. The van der Waals surface area contributed by atoms with Crippen molar-refractivity contribution in [2.75, 3.05) is 0 Å². The SMILES string of the molecule is CC(C)(O)c1ccnc(CNC(=O)c2cn(CCCCc3cc4cc(-c5ccccc5F)[nH]c4nn3)nn2)c1. The molecule has 0 atom stereocenters. The summed E-state index contributed by atoms with van der Waals surface area (Å²) in [6.45, 7) is 4.21. The van der Waals surface area contributed by atoms with Crippen molar-refractivity contribution >= 4 is 16.9 Å². The van der Waals surface area contributed by atoms with Gasteiger partial charge in [-0.05, 0) is 75.1 Å². The molecule has 1 aromatic carbocycles. The third-order valence-electron chi connectivity index (χ3n) is 6.39. The van der Waals surface area contributed by atoms with Gasteiger partial charge in [0.15, 0.2) is 11.3 Å². The van der Waals surface area contributed by atoms with E-state index >= 15 is 0 Å². The summed E-state index contributed by atoms with van der Waals surface area (Å²) in [4.78, 5) is 19.9. The lowest BCUT2D eigenvalue weighted by Crippen LogP contribution is -2.24. The molecule has 10 nitrogen and oxygen atoms in total. The summed E-state index contributed by atoms with van der Waals surface area (Å²) >= 11 is 0. The van der Waals surface area contributed by atoms with Gasteiger partial charge in [0.25, 0.3) is 5.91 Å². The minimum absolute atomic E-state index is 0.212. The van der Waals surface area contributed by atoms with Gasteiger partial charge in [0.2, 0.25) is 0 Å². The molecule has 0 fully saturated rings. The summed E-state index contributed by atoms with van der Waals surface area (Å²) in [5, 5.41) is 30.4. The van der Waals surface area contributed by atoms with E-state index in [1.54, 1.807) is 61.3 Å². The molecule has 0 spiro atoms. The molecule has 0 radical (unpaired) electrons. The topological polar surface area (TPSA) is 134 Å². The average Bonchev–Trinajstić information content (AvgIpc) is 3.57. The van der Waals surface area contributed by atoms with E-state index in [0.717, 1.165) is 35.9 Å². The van der Waals surface area contributed by atoms with Gasteiger partial charge in [-0.1, -0.05) is 17.3 Å². The zero-order valence-electron chi connectivity index (χ0n) is 21.7. The molecule has 5 aromatic rings. The van der Waals surface area contributed by atoms with Crippen LogP contribution in [0.4, 0.5) is 4.39 Å². The quantitative estimate of drug-likeness (QED) is 0.234. The van der Waals surface area contributed by atoms with E-state index in [9.17, 15) is 14.3 Å². The number of hydrogen-bond acceptors (Lipinski definition) is 7. The minimum Gasteiger partial charge on any atom is -0.386 e. The van der Waals surface area contributed by atoms with Gasteiger partial charge in [0.05, 0.1) is 35.4 Å². The van der Waals surface area contributed by atoms with Gasteiger partial charge < -0.3 is 15.4 Å². The van der Waals surface area contributed by atoms with Crippen molar-refractivity contribution in [2.45, 2.75) is 51.8 Å². The number of aliphatic hydroxyl groups is 1. The van der Waals surface area contributed by atoms with Crippen molar-refractivity contribution in [3.05, 3.63) is 89.4 Å². The van der Waals surface area contributed by atoms with Crippen LogP contribution in [0.1, 0.15) is 54.1 Å². The first-order valence-corrected chi connectivity index (χ1v) is 12.7. The molecule has 0 aliphatic carbocycles. The maximum atomic E-state index is 14.1. The molecule has 39 heavy (non-hydrogen) atoms. The molecular weight excluding hydrogens is 499 g/mol. The normalized spacial score (nSPS) is 11.7. The van der Waals surface area contributed by atoms with Crippen molar-refractivity contribution in [1.29, 1.82) is 0 Å². The third kappa shape index (κ3) is 6.32. The zero-order valence-corrected chi connectivity index (χ0v) is 21.7. The number of aryl methyl sites for hydroxylation is 2. The van der Waals surface area contributed by atoms with Gasteiger partial charge in [0, 0.05) is 23.7 Å². The van der Waals surface area contributed by atoms with E-state index in [-0.39, 0.29) is 24.0 Å². The highest BCUT2D eigenvalue weighted by atomic mass is 19.1. The fourth-order valence-corrected chi connectivity index (χ4v) is 4.23. The lowest BCUT2D eigenvalue weighted by molar-refractivity contribution is 0.0784. The second-order valence-electron chi connectivity index (χ2n) is 9.90. The molecular formula is C28H29FN8O2. The molecule has 5 rings (SSSR count). The van der Waals surface area contributed by atoms with Crippen molar-refractivity contribution < 1.29 is 14.3 Å². The Kier molecular flexibility index (Phi) is 7.42. The summed E-state index contributed by atoms with van der Waals surface area (Å²) in [5.74, 6) is -0.638. The molecule has 0 bridgehead atoms. The largest absolute Gasteiger partial charge is 0.386 e. The highest BCUT2D eigenvalue weighted by molar-refractivity contribution is 5.91. The number of hydrogen-bond donors (Lipinski definition) is 3. The summed E-state index contributed by atoms with van der Waals surface area (Å²) in [6.07, 6.45) is 5.60. The number of carbonyl (C=O) groups excluding carboxylic acids is 1. The van der Waals surface area contributed by atoms with Crippen LogP contribution in [0.3, 0.4) is 0 Å². The first-order valence-electron chi connectivity index (χ1n) is 12.7. The van der Waals surface area contributed by atoms with Crippen molar-refractivity contribution in [1.82, 2.24) is 40.5 Å². The fraction of sp³-hybridized carbons (Fsp3) is 0.286. The Morgan fingerprint density at radius 3 is 2.74 bits per heavy atom. The van der Waals surface area contributed by atoms with Crippen LogP contribution in [0, 0.1) is 5.82 Å². The number of unbranched alkanes of at least 4 members (excludes halogenated alkanes) is 1. The van der Waals surface area contributed by atoms with Gasteiger partial charge in [-0.25, -0.2) is 4.39 Å². The van der Waals surface area contributed by atoms with Gasteiger partial charge in [-0.3, -0.25) is 14.5 Å². The summed E-state index contributed by atoms with van der Waals surface area (Å²) in [6, 6.07) is 14.0. The highest BCUT2D eigenvalue weighted by Gasteiger charge is 2.17. The first kappa shape index (κ1) is 26.1. The number of aromatic amines is 1. The van der Waals surface area contributed by atoms with E-state index in [0.29, 0.717) is 29.1 Å². The number of nitrogens with one attached hydrogen (secondary N) is 2. The molecule has 4 heterocycles. The van der Waals surface area contributed by atoms with E-state index in [4.69, 9.17) is 0 Å². The number of aromatic nitrogens is 7. The standard InChI is InChI=1S/C28H29FN8O2/c1-28(2,39)19-10-11-30-21(15-19)16-31-27(38)25-17-37(36-34-25)12-6-5-7-20-13-18-14-24(32-26(18)35-33-20)22-8-3-4-9-23(22)29/h3-4,8-11,13-15,17,39H,5-7,12,16H2,1-2H3,(H,31,38)(H,32,35). The summed E-state index contributed by atoms with van der Waals surface area (Å²) in [5.41, 5.74) is 3.22. The van der Waals surface area contributed by atoms with Crippen LogP contribution in [0.2, 0.25) is 0 Å². The van der Waals surface area contributed by atoms with Gasteiger partial charge in [0.1, 0.15) is 5.82 Å². The second-order valence-corrected chi connectivity index (χ2v) is 9.90. The number of carbonyl (C=O) groups is 1. The third-order valence-corrected chi connectivity index (χ3v) is 6.39. The van der Waals surface area contributed by atoms with Gasteiger partial charge in [-0.15, -0.1) is 10.2 Å². The van der Waals surface area contributed by atoms with Gasteiger partial charge >= 0.3 is 0 Å². The first-order chi connectivity index (χ1) is 18.8. The Morgan fingerprint density at radius 1 is 1.08 bits per heavy atom. The van der Waals surface area contributed by atoms with Gasteiger partial charge in [-0.2, -0.15) is 5.10 Å². The molecule has 200 valence electrons. The smallest absolute Gasteiger partial charge is 0.273 e. The van der Waals surface area contributed by atoms with E-state index in [1.165, 1.54) is 6.07 Å². The Balaban J connectivity index is 1.10. The van der Waals surface area contributed by atoms with Crippen LogP contribution in [0.25, 0.3) is 22.3 Å². The lowest BCUT2D eigenvalue weighted by Gasteiger charge is -2.18. The van der Waals surface area contributed by atoms with Crippen LogP contribution in [0.15, 0.2) is 60.9 Å². The predicted octanol–water partition coefficient (Wildman–Crippen LogP) is 3.93. The number of amides is 1. The van der Waals surface area contributed by atoms with Crippen molar-refractivity contribution in [3.8, 4) is 11.3 Å². The van der Waals surface area contributed by atoms with Crippen LogP contribution < -0.4 is 5.32 Å². The Hall–Kier alpha value is -4.51. The van der Waals surface area contributed by atoms with E-state index in [1.807, 2.05) is 12.1 Å². The maximum Gasteiger partial charge on any atom is 0.273 e. The fourth-order valence-electron chi connectivity index (χ4n) is 4.23. The number of benzene rings is 1. The Labute approximate surface area is 224 Å². The summed E-state index contributed by atoms with van der Waals surface area (Å²) < 4.78 is 15.8. The Bertz CT molecular complexity index is 1600. The molecule has 4 aromatic heterocycles. The molecule has 0 aliphatic heterocycles. The number of H-pyrrole nitrogens is 1. The van der Waals surface area contributed by atoms with E-state index < -0.39 is 5.60 Å². The zero-order chi connectivity index (χ0) is 27.4. The molecule has 1 amide bonds. The number of halogens is 1. The molecule has 3 N–H and O–H groups in total. The minimum atomic E-state index is -0.988. The summed E-state index contributed by atoms with van der Waals surface area (Å²) in [7, 11) is 0. The van der Waals surface area contributed by atoms with Crippen molar-refractivity contribution in [3.63, 3.8) is 0 Å². The molecule has 0 saturated carbocycles.